The van der Waals surface area contributed by atoms with Crippen LogP contribution in [0.4, 0.5) is 0 Å². The van der Waals surface area contributed by atoms with Crippen LogP contribution in [-0.4, -0.2) is 73.9 Å². The van der Waals surface area contributed by atoms with E-state index in [2.05, 4.69) is 35.9 Å². The van der Waals surface area contributed by atoms with Gasteiger partial charge in [0.2, 0.25) is 0 Å². The summed E-state index contributed by atoms with van der Waals surface area (Å²) < 4.78 is 0. The summed E-state index contributed by atoms with van der Waals surface area (Å²) in [5.41, 5.74) is 0.386. The molecule has 1 aliphatic heterocycles. The summed E-state index contributed by atoms with van der Waals surface area (Å²) in [4.78, 5) is 5.02. The first kappa shape index (κ1) is 17.9. The van der Waals surface area contributed by atoms with Gasteiger partial charge in [0.1, 0.15) is 0 Å². The summed E-state index contributed by atoms with van der Waals surface area (Å²) >= 11 is 0. The normalized spacial score (nSPS) is 21.6. The third-order valence-corrected chi connectivity index (χ3v) is 4.36. The first-order chi connectivity index (χ1) is 9.63. The number of hydrogen-bond acceptors (Lipinski definition) is 4. The third kappa shape index (κ3) is 6.53. The van der Waals surface area contributed by atoms with Gasteiger partial charge in [0.25, 0.3) is 0 Å². The minimum atomic E-state index is 0.286. The average Bonchev–Trinajstić information content (AvgIpc) is 2.63. The highest BCUT2D eigenvalue weighted by atomic mass is 16.3. The Labute approximate surface area is 125 Å². The first-order valence-electron chi connectivity index (χ1n) is 8.40. The molecule has 1 rings (SSSR count). The van der Waals surface area contributed by atoms with Crippen molar-refractivity contribution in [1.82, 2.24) is 15.1 Å². The molecule has 1 unspecified atom stereocenters. The van der Waals surface area contributed by atoms with Crippen molar-refractivity contribution in [3.63, 3.8) is 0 Å². The molecule has 0 aromatic heterocycles. The highest BCUT2D eigenvalue weighted by Crippen LogP contribution is 2.24. The van der Waals surface area contributed by atoms with Crippen LogP contribution in [0.3, 0.4) is 0 Å². The Morgan fingerprint density at radius 2 is 1.80 bits per heavy atom. The Balaban J connectivity index is 2.46. The van der Waals surface area contributed by atoms with Gasteiger partial charge in [-0.05, 0) is 37.9 Å². The zero-order valence-electron chi connectivity index (χ0n) is 13.8. The molecule has 0 bridgehead atoms. The summed E-state index contributed by atoms with van der Waals surface area (Å²) in [7, 11) is 0. The summed E-state index contributed by atoms with van der Waals surface area (Å²) in [5, 5.41) is 12.6. The fourth-order valence-electron chi connectivity index (χ4n) is 3.34. The van der Waals surface area contributed by atoms with Gasteiger partial charge >= 0.3 is 0 Å². The Hall–Kier alpha value is -0.160. The molecular weight excluding hydrogens is 250 g/mol. The van der Waals surface area contributed by atoms with Gasteiger partial charge in [0, 0.05) is 32.7 Å². The number of aliphatic hydroxyl groups is 1. The fraction of sp³-hybridized carbons (Fsp3) is 1.00. The lowest BCUT2D eigenvalue weighted by Gasteiger charge is -2.35. The maximum absolute atomic E-state index is 9.07. The van der Waals surface area contributed by atoms with Crippen LogP contribution in [0.25, 0.3) is 0 Å². The van der Waals surface area contributed by atoms with Crippen molar-refractivity contribution >= 4 is 0 Å². The molecule has 0 saturated carbocycles. The van der Waals surface area contributed by atoms with Crippen LogP contribution < -0.4 is 5.32 Å². The molecule has 0 aromatic carbocycles. The second kappa shape index (κ2) is 9.72. The minimum absolute atomic E-state index is 0.286. The number of β-amino-alcohol motifs (C(OH)–C–C–N with tert-alkyl or cyclic N) is 1. The zero-order valence-corrected chi connectivity index (χ0v) is 13.8. The van der Waals surface area contributed by atoms with Gasteiger partial charge < -0.3 is 15.3 Å². The number of nitrogens with one attached hydrogen (secondary N) is 1. The standard InChI is InChI=1S/C16H35N3O/c1-4-7-16(3,14-17-5-2)15-19-9-6-8-18(10-11-19)12-13-20/h17,20H,4-15H2,1-3H3. The third-order valence-electron chi connectivity index (χ3n) is 4.36. The predicted octanol–water partition coefficient (Wildman–Crippen LogP) is 1.40. The van der Waals surface area contributed by atoms with Crippen LogP contribution in [0.15, 0.2) is 0 Å². The monoisotopic (exact) mass is 285 g/mol. The van der Waals surface area contributed by atoms with E-state index in [9.17, 15) is 0 Å². The van der Waals surface area contributed by atoms with Gasteiger partial charge in [0.15, 0.2) is 0 Å². The molecule has 0 spiro atoms. The second-order valence-corrected chi connectivity index (χ2v) is 6.54. The van der Waals surface area contributed by atoms with Crippen LogP contribution in [0, 0.1) is 5.41 Å². The maximum Gasteiger partial charge on any atom is 0.0558 e. The van der Waals surface area contributed by atoms with E-state index in [1.165, 1.54) is 32.4 Å². The van der Waals surface area contributed by atoms with E-state index < -0.39 is 0 Å². The van der Waals surface area contributed by atoms with Crippen LogP contribution in [-0.2, 0) is 0 Å². The van der Waals surface area contributed by atoms with Gasteiger partial charge in [-0.25, -0.2) is 0 Å². The Morgan fingerprint density at radius 3 is 2.45 bits per heavy atom. The van der Waals surface area contributed by atoms with Gasteiger partial charge in [0.05, 0.1) is 6.61 Å². The van der Waals surface area contributed by atoms with Crippen molar-refractivity contribution in [2.24, 2.45) is 5.41 Å². The Morgan fingerprint density at radius 1 is 1.10 bits per heavy atom. The second-order valence-electron chi connectivity index (χ2n) is 6.54. The lowest BCUT2D eigenvalue weighted by atomic mass is 9.84. The number of aliphatic hydroxyl groups excluding tert-OH is 1. The van der Waals surface area contributed by atoms with Crippen molar-refractivity contribution in [2.45, 2.75) is 40.0 Å². The topological polar surface area (TPSA) is 38.7 Å². The van der Waals surface area contributed by atoms with Crippen LogP contribution in [0.1, 0.15) is 40.0 Å². The van der Waals surface area contributed by atoms with E-state index in [1.54, 1.807) is 0 Å². The molecule has 120 valence electrons. The molecule has 1 fully saturated rings. The molecule has 0 amide bonds. The number of nitrogens with zero attached hydrogens (tertiary/aromatic N) is 2. The van der Waals surface area contributed by atoms with Crippen molar-refractivity contribution < 1.29 is 5.11 Å². The Bertz CT molecular complexity index is 250. The van der Waals surface area contributed by atoms with Gasteiger partial charge in [-0.3, -0.25) is 4.90 Å². The molecular formula is C16H35N3O. The van der Waals surface area contributed by atoms with E-state index in [0.29, 0.717) is 5.41 Å². The van der Waals surface area contributed by atoms with E-state index in [-0.39, 0.29) is 6.61 Å². The summed E-state index contributed by atoms with van der Waals surface area (Å²) in [6, 6.07) is 0. The molecule has 20 heavy (non-hydrogen) atoms. The lowest BCUT2D eigenvalue weighted by Crippen LogP contribution is -2.43. The largest absolute Gasteiger partial charge is 0.395 e. The SMILES string of the molecule is CCCC(C)(CNCC)CN1CCCN(CCO)CC1. The summed E-state index contributed by atoms with van der Waals surface area (Å²) in [6.07, 6.45) is 3.77. The quantitative estimate of drug-likeness (QED) is 0.672. The first-order valence-corrected chi connectivity index (χ1v) is 8.40. The van der Waals surface area contributed by atoms with Crippen molar-refractivity contribution in [3.8, 4) is 0 Å². The van der Waals surface area contributed by atoms with Gasteiger partial charge in [-0.15, -0.1) is 0 Å². The number of rotatable bonds is 9. The lowest BCUT2D eigenvalue weighted by molar-refractivity contribution is 0.148. The fourth-order valence-corrected chi connectivity index (χ4v) is 3.34. The van der Waals surface area contributed by atoms with E-state index >= 15 is 0 Å². The average molecular weight is 285 g/mol. The van der Waals surface area contributed by atoms with E-state index in [1.807, 2.05) is 0 Å². The van der Waals surface area contributed by atoms with E-state index in [4.69, 9.17) is 5.11 Å². The molecule has 4 heteroatoms. The molecule has 0 radical (unpaired) electrons. The van der Waals surface area contributed by atoms with Crippen LogP contribution >= 0.6 is 0 Å². The molecule has 0 aromatic rings. The molecule has 0 aliphatic carbocycles. The van der Waals surface area contributed by atoms with Crippen LogP contribution in [0.5, 0.6) is 0 Å². The van der Waals surface area contributed by atoms with E-state index in [0.717, 1.165) is 39.3 Å². The van der Waals surface area contributed by atoms with Gasteiger partial charge in [-0.1, -0.05) is 27.2 Å². The molecule has 1 saturated heterocycles. The van der Waals surface area contributed by atoms with Crippen molar-refractivity contribution in [3.05, 3.63) is 0 Å². The highest BCUT2D eigenvalue weighted by Gasteiger charge is 2.27. The number of hydrogen-bond donors (Lipinski definition) is 2. The molecule has 2 N–H and O–H groups in total. The highest BCUT2D eigenvalue weighted by molar-refractivity contribution is 4.82. The Kier molecular flexibility index (Phi) is 8.69. The summed E-state index contributed by atoms with van der Waals surface area (Å²) in [6.45, 7) is 16.0. The molecule has 1 heterocycles. The van der Waals surface area contributed by atoms with Crippen molar-refractivity contribution in [1.29, 1.82) is 0 Å². The zero-order chi connectivity index (χ0) is 14.8. The predicted molar refractivity (Wildman–Crippen MR) is 86.1 cm³/mol. The maximum atomic E-state index is 9.07. The smallest absolute Gasteiger partial charge is 0.0558 e. The summed E-state index contributed by atoms with van der Waals surface area (Å²) in [5.74, 6) is 0. The minimum Gasteiger partial charge on any atom is -0.395 e. The van der Waals surface area contributed by atoms with Crippen molar-refractivity contribution in [2.75, 3.05) is 59.0 Å². The molecule has 1 atom stereocenters. The molecule has 1 aliphatic rings. The molecule has 4 nitrogen and oxygen atoms in total. The van der Waals surface area contributed by atoms with Crippen LogP contribution in [0.2, 0.25) is 0 Å². The van der Waals surface area contributed by atoms with Gasteiger partial charge in [-0.2, -0.15) is 0 Å².